The van der Waals surface area contributed by atoms with Gasteiger partial charge in [0.15, 0.2) is 0 Å². The van der Waals surface area contributed by atoms with Gasteiger partial charge in [0.05, 0.1) is 14.2 Å². The normalized spacial score (nSPS) is 9.95. The number of amides is 1. The fourth-order valence-corrected chi connectivity index (χ4v) is 2.04. The zero-order valence-corrected chi connectivity index (χ0v) is 11.9. The molecule has 19 heavy (non-hydrogen) atoms. The predicted octanol–water partition coefficient (Wildman–Crippen LogP) is 1.44. The van der Waals surface area contributed by atoms with E-state index in [4.69, 9.17) is 4.74 Å². The Hall–Kier alpha value is -2.04. The van der Waals surface area contributed by atoms with Gasteiger partial charge in [-0.05, 0) is 30.5 Å². The summed E-state index contributed by atoms with van der Waals surface area (Å²) in [6.07, 6.45) is 0. The molecule has 0 spiro atoms. The summed E-state index contributed by atoms with van der Waals surface area (Å²) in [6, 6.07) is 3.87. The van der Waals surface area contributed by atoms with Crippen molar-refractivity contribution in [3.05, 3.63) is 28.8 Å². The quantitative estimate of drug-likeness (QED) is 0.613. The lowest BCUT2D eigenvalue weighted by molar-refractivity contribution is -0.157. The molecule has 1 amide bonds. The Morgan fingerprint density at radius 1 is 1.16 bits per heavy atom. The zero-order chi connectivity index (χ0) is 14.6. The Labute approximate surface area is 113 Å². The second-order valence-electron chi connectivity index (χ2n) is 4.42. The van der Waals surface area contributed by atoms with E-state index < -0.39 is 11.9 Å². The topological polar surface area (TPSA) is 55.8 Å². The summed E-state index contributed by atoms with van der Waals surface area (Å²) in [5, 5.41) is 0. The van der Waals surface area contributed by atoms with Crippen LogP contribution in [0.5, 0.6) is 5.75 Å². The Kier molecular flexibility index (Phi) is 4.92. The van der Waals surface area contributed by atoms with Gasteiger partial charge < -0.3 is 14.4 Å². The molecule has 5 nitrogen and oxygen atoms in total. The number of benzene rings is 1. The van der Waals surface area contributed by atoms with E-state index in [1.165, 1.54) is 12.0 Å². The van der Waals surface area contributed by atoms with Gasteiger partial charge >= 0.3 is 11.9 Å². The molecule has 104 valence electrons. The maximum absolute atomic E-state index is 11.6. The molecule has 0 N–H and O–H groups in total. The highest BCUT2D eigenvalue weighted by molar-refractivity contribution is 6.32. The monoisotopic (exact) mass is 265 g/mol. The predicted molar refractivity (Wildman–Crippen MR) is 71.0 cm³/mol. The summed E-state index contributed by atoms with van der Waals surface area (Å²) in [5.41, 5.74) is 2.93. The minimum absolute atomic E-state index is 0.347. The lowest BCUT2D eigenvalue weighted by Gasteiger charge is -2.17. The molecule has 0 unspecified atom stereocenters. The van der Waals surface area contributed by atoms with Crippen LogP contribution in [0, 0.1) is 13.8 Å². The first-order valence-corrected chi connectivity index (χ1v) is 5.88. The van der Waals surface area contributed by atoms with Crippen LogP contribution in [0.3, 0.4) is 0 Å². The number of nitrogens with zero attached hydrogens (tertiary/aromatic N) is 1. The third-order valence-electron chi connectivity index (χ3n) is 2.85. The molecule has 1 rings (SSSR count). The van der Waals surface area contributed by atoms with E-state index in [0.717, 1.165) is 22.4 Å². The molecule has 0 saturated heterocycles. The van der Waals surface area contributed by atoms with Gasteiger partial charge in [-0.25, -0.2) is 4.79 Å². The molecule has 0 bridgehead atoms. The third kappa shape index (κ3) is 3.47. The highest BCUT2D eigenvalue weighted by Crippen LogP contribution is 2.24. The van der Waals surface area contributed by atoms with Gasteiger partial charge in [0.25, 0.3) is 0 Å². The molecular weight excluding hydrogens is 246 g/mol. The molecule has 0 aliphatic rings. The first-order chi connectivity index (χ1) is 8.90. The molecule has 1 aromatic rings. The summed E-state index contributed by atoms with van der Waals surface area (Å²) in [7, 11) is 4.38. The number of rotatable bonds is 3. The van der Waals surface area contributed by atoms with Crippen LogP contribution in [0.25, 0.3) is 0 Å². The van der Waals surface area contributed by atoms with E-state index in [1.807, 2.05) is 26.0 Å². The molecule has 5 heteroatoms. The molecule has 0 aliphatic heterocycles. The molecular formula is C14H19NO4. The highest BCUT2D eigenvalue weighted by Gasteiger charge is 2.19. The van der Waals surface area contributed by atoms with Crippen molar-refractivity contribution < 1.29 is 19.1 Å². The molecule has 0 fully saturated rings. The molecule has 0 aliphatic carbocycles. The van der Waals surface area contributed by atoms with Gasteiger partial charge in [0, 0.05) is 13.6 Å². The summed E-state index contributed by atoms with van der Waals surface area (Å²) >= 11 is 0. The van der Waals surface area contributed by atoms with E-state index in [0.29, 0.717) is 6.54 Å². The number of ether oxygens (including phenoxy) is 2. The minimum Gasteiger partial charge on any atom is -0.496 e. The van der Waals surface area contributed by atoms with Crippen LogP contribution < -0.4 is 4.74 Å². The summed E-state index contributed by atoms with van der Waals surface area (Å²) in [5.74, 6) is -0.677. The van der Waals surface area contributed by atoms with E-state index in [1.54, 1.807) is 14.2 Å². The molecule has 0 aromatic heterocycles. The van der Waals surface area contributed by atoms with Crippen molar-refractivity contribution in [3.8, 4) is 5.75 Å². The van der Waals surface area contributed by atoms with E-state index in [-0.39, 0.29) is 0 Å². The van der Waals surface area contributed by atoms with E-state index >= 15 is 0 Å². The maximum Gasteiger partial charge on any atom is 0.396 e. The van der Waals surface area contributed by atoms with Gasteiger partial charge in [-0.1, -0.05) is 12.1 Å². The molecule has 0 saturated carbocycles. The smallest absolute Gasteiger partial charge is 0.396 e. The number of carbonyl (C=O) groups is 2. The van der Waals surface area contributed by atoms with Crippen molar-refractivity contribution >= 4 is 11.9 Å². The highest BCUT2D eigenvalue weighted by atomic mass is 16.5. The average molecular weight is 265 g/mol. The van der Waals surface area contributed by atoms with Crippen LogP contribution in [-0.4, -0.2) is 38.0 Å². The minimum atomic E-state index is -0.857. The van der Waals surface area contributed by atoms with E-state index in [2.05, 4.69) is 4.74 Å². The lowest BCUT2D eigenvalue weighted by Crippen LogP contribution is -2.33. The fraction of sp³-hybridized carbons (Fsp3) is 0.429. The van der Waals surface area contributed by atoms with Crippen LogP contribution in [-0.2, 0) is 20.9 Å². The first kappa shape index (κ1) is 15.0. The number of hydrogen-bond donors (Lipinski definition) is 0. The zero-order valence-electron chi connectivity index (χ0n) is 11.9. The van der Waals surface area contributed by atoms with Crippen molar-refractivity contribution in [1.82, 2.24) is 4.90 Å². The van der Waals surface area contributed by atoms with Crippen LogP contribution in [0.15, 0.2) is 12.1 Å². The van der Waals surface area contributed by atoms with Crippen molar-refractivity contribution in [3.63, 3.8) is 0 Å². The summed E-state index contributed by atoms with van der Waals surface area (Å²) in [6.45, 7) is 4.23. The fourth-order valence-electron chi connectivity index (χ4n) is 2.04. The largest absolute Gasteiger partial charge is 0.496 e. The van der Waals surface area contributed by atoms with Crippen molar-refractivity contribution in [2.75, 3.05) is 21.3 Å². The van der Waals surface area contributed by atoms with Crippen molar-refractivity contribution in [2.45, 2.75) is 20.4 Å². The second kappa shape index (κ2) is 6.22. The van der Waals surface area contributed by atoms with Gasteiger partial charge in [0.1, 0.15) is 5.75 Å². The molecule has 1 aromatic carbocycles. The second-order valence-corrected chi connectivity index (χ2v) is 4.42. The molecule has 0 heterocycles. The number of methoxy groups -OCH3 is 2. The van der Waals surface area contributed by atoms with Gasteiger partial charge in [0.2, 0.25) is 0 Å². The van der Waals surface area contributed by atoms with Crippen LogP contribution in [0.1, 0.15) is 16.7 Å². The Balaban J connectivity index is 2.89. The number of likely N-dealkylation sites (N-methyl/N-ethyl adjacent to an activating group) is 1. The van der Waals surface area contributed by atoms with Crippen molar-refractivity contribution in [1.29, 1.82) is 0 Å². The number of aryl methyl sites for hydroxylation is 2. The summed E-state index contributed by atoms with van der Waals surface area (Å²) in [4.78, 5) is 24.1. The Morgan fingerprint density at radius 3 is 2.11 bits per heavy atom. The number of carbonyl (C=O) groups excluding carboxylic acids is 2. The SMILES string of the molecule is COC(=O)C(=O)N(C)Cc1cc(C)c(OC)c(C)c1. The molecule has 0 atom stereocenters. The van der Waals surface area contributed by atoms with Gasteiger partial charge in [-0.2, -0.15) is 0 Å². The van der Waals surface area contributed by atoms with Crippen LogP contribution in [0.4, 0.5) is 0 Å². The Bertz CT molecular complexity index is 473. The first-order valence-electron chi connectivity index (χ1n) is 5.88. The number of hydrogen-bond acceptors (Lipinski definition) is 4. The van der Waals surface area contributed by atoms with Crippen LogP contribution >= 0.6 is 0 Å². The Morgan fingerprint density at radius 2 is 1.68 bits per heavy atom. The van der Waals surface area contributed by atoms with Crippen LogP contribution in [0.2, 0.25) is 0 Å². The third-order valence-corrected chi connectivity index (χ3v) is 2.85. The van der Waals surface area contributed by atoms with Gasteiger partial charge in [-0.15, -0.1) is 0 Å². The maximum atomic E-state index is 11.6. The number of esters is 1. The molecule has 0 radical (unpaired) electrons. The summed E-state index contributed by atoms with van der Waals surface area (Å²) < 4.78 is 9.69. The van der Waals surface area contributed by atoms with E-state index in [9.17, 15) is 9.59 Å². The lowest BCUT2D eigenvalue weighted by atomic mass is 10.1. The standard InChI is InChI=1S/C14H19NO4/c1-9-6-11(7-10(2)12(9)18-4)8-15(3)13(16)14(17)19-5/h6-7H,8H2,1-5H3. The average Bonchev–Trinajstić information content (AvgIpc) is 2.36. The van der Waals surface area contributed by atoms with Crippen molar-refractivity contribution in [2.24, 2.45) is 0 Å². The van der Waals surface area contributed by atoms with Gasteiger partial charge in [-0.3, -0.25) is 4.79 Å².